The highest BCUT2D eigenvalue weighted by molar-refractivity contribution is 6.74. The molecule has 1 saturated heterocycles. The Morgan fingerprint density at radius 2 is 1.97 bits per heavy atom. The molecule has 0 unspecified atom stereocenters. The lowest BCUT2D eigenvalue weighted by Gasteiger charge is -2.50. The maximum Gasteiger partial charge on any atom is 0.355 e. The molecule has 0 radical (unpaired) electrons. The molecule has 2 rings (SSSR count). The molecule has 0 N–H and O–H groups in total. The second-order valence-corrected chi connectivity index (χ2v) is 14.4. The molecule has 1 fully saturated rings. The van der Waals surface area contributed by atoms with Crippen molar-refractivity contribution in [1.82, 2.24) is 4.90 Å². The van der Waals surface area contributed by atoms with Gasteiger partial charge in [0, 0.05) is 13.0 Å². The molecule has 2 aliphatic heterocycles. The van der Waals surface area contributed by atoms with Gasteiger partial charge >= 0.3 is 5.97 Å². The van der Waals surface area contributed by atoms with Crippen molar-refractivity contribution in [3.8, 4) is 0 Å². The molecular weight excluding hydrogens is 402 g/mol. The molecule has 0 spiro atoms. The van der Waals surface area contributed by atoms with Gasteiger partial charge in [0.2, 0.25) is 5.91 Å². The summed E-state index contributed by atoms with van der Waals surface area (Å²) in [4.78, 5) is 27.5. The Morgan fingerprint density at radius 1 is 1.33 bits per heavy atom. The van der Waals surface area contributed by atoms with Crippen molar-refractivity contribution in [2.24, 2.45) is 11.8 Å². The monoisotopic (exact) mass is 439 g/mol. The van der Waals surface area contributed by atoms with E-state index in [0.29, 0.717) is 5.70 Å². The van der Waals surface area contributed by atoms with Crippen LogP contribution in [-0.4, -0.2) is 64.4 Å². The van der Waals surface area contributed by atoms with Crippen molar-refractivity contribution in [2.45, 2.75) is 64.9 Å². The molecule has 2 aliphatic rings. The number of hydrogen-bond acceptors (Lipinski definition) is 6. The topological polar surface area (TPSA) is 74.3 Å². The number of fused-ring (bicyclic) bond motifs is 1. The molecule has 0 aliphatic carbocycles. The van der Waals surface area contributed by atoms with Crippen molar-refractivity contribution in [1.29, 1.82) is 0 Å². The Kier molecular flexibility index (Phi) is 7.72. The molecule has 170 valence electrons. The van der Waals surface area contributed by atoms with Crippen LogP contribution < -0.4 is 0 Å². The van der Waals surface area contributed by atoms with E-state index in [-0.39, 0.29) is 54.9 Å². The minimum atomic E-state index is -2.04. The number of β-lactam (4-membered cyclic amide) rings is 1. The molecule has 7 nitrogen and oxygen atoms in total. The third-order valence-electron chi connectivity index (χ3n) is 6.57. The van der Waals surface area contributed by atoms with Crippen LogP contribution in [-0.2, 0) is 28.2 Å². The lowest BCUT2D eigenvalue weighted by Crippen LogP contribution is -2.65. The molecule has 2 heterocycles. The van der Waals surface area contributed by atoms with Crippen LogP contribution in [0.2, 0.25) is 18.1 Å². The van der Waals surface area contributed by atoms with Crippen LogP contribution in [0.4, 0.5) is 0 Å². The number of rotatable bonds is 10. The SMILES string of the molecule is C=CCOC(=O)C1=C(COCOC)[C@H](C)[C@@H]2[C@@H]([C@@H](C)O[Si](C)(C)C(C)(C)C)C(=O)N12. The summed E-state index contributed by atoms with van der Waals surface area (Å²) < 4.78 is 22.3. The Balaban J connectivity index is 2.26. The highest BCUT2D eigenvalue weighted by Gasteiger charge is 2.61. The number of esters is 1. The van der Waals surface area contributed by atoms with Gasteiger partial charge in [-0.25, -0.2) is 4.79 Å². The molecule has 1 amide bonds. The van der Waals surface area contributed by atoms with Crippen molar-refractivity contribution in [3.05, 3.63) is 23.9 Å². The third kappa shape index (κ3) is 4.56. The second kappa shape index (κ2) is 9.34. The fourth-order valence-electron chi connectivity index (χ4n) is 3.96. The van der Waals surface area contributed by atoms with Gasteiger partial charge < -0.3 is 23.5 Å². The first-order valence-electron chi connectivity index (χ1n) is 10.5. The summed E-state index contributed by atoms with van der Waals surface area (Å²) in [6.45, 7) is 18.9. The van der Waals surface area contributed by atoms with E-state index in [1.54, 1.807) is 12.0 Å². The Bertz CT molecular complexity index is 711. The van der Waals surface area contributed by atoms with Gasteiger partial charge in [0.25, 0.3) is 0 Å². The van der Waals surface area contributed by atoms with Crippen LogP contribution in [0.1, 0.15) is 34.6 Å². The minimum absolute atomic E-state index is 0.0405. The van der Waals surface area contributed by atoms with Crippen molar-refractivity contribution in [3.63, 3.8) is 0 Å². The van der Waals surface area contributed by atoms with Crippen LogP contribution in [0.25, 0.3) is 0 Å². The van der Waals surface area contributed by atoms with Gasteiger partial charge in [0.1, 0.15) is 19.1 Å². The van der Waals surface area contributed by atoms with Crippen molar-refractivity contribution < 1.29 is 28.2 Å². The Morgan fingerprint density at radius 3 is 2.50 bits per heavy atom. The van der Waals surface area contributed by atoms with Crippen LogP contribution in [0.5, 0.6) is 0 Å². The first-order chi connectivity index (χ1) is 13.9. The first kappa shape index (κ1) is 24.8. The molecule has 0 saturated carbocycles. The Labute approximate surface area is 181 Å². The van der Waals surface area contributed by atoms with Crippen LogP contribution >= 0.6 is 0 Å². The normalized spacial score (nSPS) is 25.1. The first-order valence-corrected chi connectivity index (χ1v) is 13.4. The number of methoxy groups -OCH3 is 1. The Hall–Kier alpha value is -1.48. The summed E-state index contributed by atoms with van der Waals surface area (Å²) in [5, 5.41) is 0.0477. The number of hydrogen-bond donors (Lipinski definition) is 0. The molecular formula is C22H37NO6Si. The molecule has 0 aromatic carbocycles. The maximum atomic E-state index is 13.2. The predicted octanol–water partition coefficient (Wildman–Crippen LogP) is 3.48. The van der Waals surface area contributed by atoms with Crippen LogP contribution in [0, 0.1) is 11.8 Å². The minimum Gasteiger partial charge on any atom is -0.457 e. The lowest BCUT2D eigenvalue weighted by atomic mass is 9.78. The average molecular weight is 440 g/mol. The van der Waals surface area contributed by atoms with Gasteiger partial charge in [0.05, 0.1) is 24.7 Å². The average Bonchev–Trinajstić information content (AvgIpc) is 2.87. The predicted molar refractivity (Wildman–Crippen MR) is 117 cm³/mol. The van der Waals surface area contributed by atoms with E-state index in [1.165, 1.54) is 6.08 Å². The fourth-order valence-corrected chi connectivity index (χ4v) is 5.39. The quantitative estimate of drug-likeness (QED) is 0.130. The zero-order chi connectivity index (χ0) is 22.9. The number of carbonyl (C=O) groups excluding carboxylic acids is 2. The highest BCUT2D eigenvalue weighted by Crippen LogP contribution is 2.49. The molecule has 8 heteroatoms. The summed E-state index contributed by atoms with van der Waals surface area (Å²) in [5.41, 5.74) is 1.06. The van der Waals surface area contributed by atoms with Gasteiger partial charge in [-0.1, -0.05) is 40.3 Å². The van der Waals surface area contributed by atoms with Gasteiger partial charge in [-0.15, -0.1) is 0 Å². The number of nitrogens with zero attached hydrogens (tertiary/aromatic N) is 1. The van der Waals surface area contributed by atoms with E-state index in [0.717, 1.165) is 5.57 Å². The largest absolute Gasteiger partial charge is 0.457 e. The number of carbonyl (C=O) groups is 2. The highest BCUT2D eigenvalue weighted by atomic mass is 28.4. The smallest absolute Gasteiger partial charge is 0.355 e. The summed E-state index contributed by atoms with van der Waals surface area (Å²) >= 11 is 0. The van der Waals surface area contributed by atoms with Gasteiger partial charge in [-0.3, -0.25) is 4.79 Å². The standard InChI is InChI=1S/C22H37NO6Si/c1-10-11-28-21(25)19-16(12-27-13-26-7)14(2)18-17(20(24)23(18)19)15(3)29-30(8,9)22(4,5)6/h10,14-15,17-18H,1,11-13H2,2-9H3/t14-,15+,17+,18+/m0/s1. The summed E-state index contributed by atoms with van der Waals surface area (Å²) in [5.74, 6) is -0.951. The van der Waals surface area contributed by atoms with E-state index in [2.05, 4.69) is 40.4 Å². The van der Waals surface area contributed by atoms with Crippen molar-refractivity contribution >= 4 is 20.2 Å². The number of ether oxygens (including phenoxy) is 3. The van der Waals surface area contributed by atoms with E-state index in [4.69, 9.17) is 18.6 Å². The van der Waals surface area contributed by atoms with E-state index in [9.17, 15) is 9.59 Å². The molecule has 0 bridgehead atoms. The van der Waals surface area contributed by atoms with E-state index in [1.807, 2.05) is 13.8 Å². The molecule has 0 aromatic rings. The van der Waals surface area contributed by atoms with Crippen LogP contribution in [0.3, 0.4) is 0 Å². The number of amides is 1. The van der Waals surface area contributed by atoms with E-state index < -0.39 is 14.3 Å². The van der Waals surface area contributed by atoms with Gasteiger partial charge in [-0.05, 0) is 30.6 Å². The summed E-state index contributed by atoms with van der Waals surface area (Å²) in [6, 6.07) is -0.135. The zero-order valence-electron chi connectivity index (χ0n) is 19.6. The lowest BCUT2D eigenvalue weighted by molar-refractivity contribution is -0.163. The van der Waals surface area contributed by atoms with Gasteiger partial charge in [-0.2, -0.15) is 0 Å². The van der Waals surface area contributed by atoms with Crippen LogP contribution in [0.15, 0.2) is 23.9 Å². The van der Waals surface area contributed by atoms with E-state index >= 15 is 0 Å². The maximum absolute atomic E-state index is 13.2. The fraction of sp³-hybridized carbons (Fsp3) is 0.727. The van der Waals surface area contributed by atoms with Gasteiger partial charge in [0.15, 0.2) is 8.32 Å². The molecule has 4 atom stereocenters. The zero-order valence-corrected chi connectivity index (χ0v) is 20.6. The third-order valence-corrected chi connectivity index (χ3v) is 11.1. The second-order valence-electron chi connectivity index (χ2n) is 9.61. The molecule has 0 aromatic heterocycles. The molecule has 30 heavy (non-hydrogen) atoms. The van der Waals surface area contributed by atoms with Crippen molar-refractivity contribution in [2.75, 3.05) is 27.1 Å². The summed E-state index contributed by atoms with van der Waals surface area (Å²) in [6.07, 6.45) is 1.28. The summed E-state index contributed by atoms with van der Waals surface area (Å²) in [7, 11) is -0.496.